The number of hydrogen-bond donors (Lipinski definition) is 1. The SMILES string of the molecule is CCC1NCCn2c(-c3ccncc3OC)nnc21. The Hall–Kier alpha value is -1.95. The molecule has 3 rings (SSSR count). The molecular formula is C13H17N5O. The molecule has 1 unspecified atom stereocenters. The van der Waals surface area contributed by atoms with E-state index in [0.29, 0.717) is 0 Å². The molecular weight excluding hydrogens is 242 g/mol. The van der Waals surface area contributed by atoms with Gasteiger partial charge in [0.05, 0.1) is 24.9 Å². The third kappa shape index (κ3) is 1.98. The lowest BCUT2D eigenvalue weighted by molar-refractivity contribution is 0.404. The molecule has 6 nitrogen and oxygen atoms in total. The quantitative estimate of drug-likeness (QED) is 0.902. The number of aromatic nitrogens is 4. The van der Waals surface area contributed by atoms with Gasteiger partial charge >= 0.3 is 0 Å². The summed E-state index contributed by atoms with van der Waals surface area (Å²) in [4.78, 5) is 4.07. The molecule has 1 aliphatic heterocycles. The van der Waals surface area contributed by atoms with Gasteiger partial charge in [-0.15, -0.1) is 10.2 Å². The average molecular weight is 259 g/mol. The minimum atomic E-state index is 0.280. The molecule has 0 bridgehead atoms. The van der Waals surface area contributed by atoms with Crippen LogP contribution in [0.4, 0.5) is 0 Å². The normalized spacial score (nSPS) is 18.1. The van der Waals surface area contributed by atoms with Crippen LogP contribution >= 0.6 is 0 Å². The van der Waals surface area contributed by atoms with Gasteiger partial charge in [0.25, 0.3) is 0 Å². The van der Waals surface area contributed by atoms with Crippen molar-refractivity contribution in [3.63, 3.8) is 0 Å². The van der Waals surface area contributed by atoms with Gasteiger partial charge in [-0.05, 0) is 12.5 Å². The number of methoxy groups -OCH3 is 1. The van der Waals surface area contributed by atoms with Crippen molar-refractivity contribution in [3.05, 3.63) is 24.3 Å². The van der Waals surface area contributed by atoms with E-state index in [1.807, 2.05) is 6.07 Å². The van der Waals surface area contributed by atoms with E-state index >= 15 is 0 Å². The van der Waals surface area contributed by atoms with Gasteiger partial charge in [-0.25, -0.2) is 0 Å². The lowest BCUT2D eigenvalue weighted by Crippen LogP contribution is -2.33. The molecule has 0 spiro atoms. The summed E-state index contributed by atoms with van der Waals surface area (Å²) in [6.45, 7) is 3.96. The monoisotopic (exact) mass is 259 g/mol. The summed E-state index contributed by atoms with van der Waals surface area (Å²) in [5.41, 5.74) is 0.938. The number of nitrogens with zero attached hydrogens (tertiary/aromatic N) is 4. The first-order chi connectivity index (χ1) is 9.35. The van der Waals surface area contributed by atoms with Crippen LogP contribution in [0.25, 0.3) is 11.4 Å². The van der Waals surface area contributed by atoms with E-state index in [4.69, 9.17) is 4.74 Å². The standard InChI is InChI=1S/C13H17N5O/c1-3-10-13-17-16-12(18(13)7-6-15-10)9-4-5-14-8-11(9)19-2/h4-5,8,10,15H,3,6-7H2,1-2H3. The highest BCUT2D eigenvalue weighted by molar-refractivity contribution is 5.63. The maximum absolute atomic E-state index is 5.35. The maximum Gasteiger partial charge on any atom is 0.167 e. The number of rotatable bonds is 3. The molecule has 1 atom stereocenters. The van der Waals surface area contributed by atoms with E-state index in [0.717, 1.165) is 42.5 Å². The number of nitrogens with one attached hydrogen (secondary N) is 1. The van der Waals surface area contributed by atoms with Gasteiger partial charge in [0, 0.05) is 19.3 Å². The van der Waals surface area contributed by atoms with Gasteiger partial charge in [-0.1, -0.05) is 6.92 Å². The Morgan fingerprint density at radius 3 is 3.16 bits per heavy atom. The first-order valence-corrected chi connectivity index (χ1v) is 6.50. The topological polar surface area (TPSA) is 64.9 Å². The second-order valence-electron chi connectivity index (χ2n) is 4.52. The molecule has 0 saturated carbocycles. The van der Waals surface area contributed by atoms with Gasteiger partial charge in [0.2, 0.25) is 0 Å². The second-order valence-corrected chi connectivity index (χ2v) is 4.52. The van der Waals surface area contributed by atoms with E-state index in [1.54, 1.807) is 19.5 Å². The first-order valence-electron chi connectivity index (χ1n) is 6.50. The van der Waals surface area contributed by atoms with Crippen molar-refractivity contribution in [2.24, 2.45) is 0 Å². The smallest absolute Gasteiger partial charge is 0.167 e. The Labute approximate surface area is 111 Å². The van der Waals surface area contributed by atoms with Crippen LogP contribution in [0.15, 0.2) is 18.5 Å². The zero-order valence-electron chi connectivity index (χ0n) is 11.1. The highest BCUT2D eigenvalue weighted by Crippen LogP contribution is 2.30. The third-order valence-electron chi connectivity index (χ3n) is 3.47. The Kier molecular flexibility index (Phi) is 3.16. The average Bonchev–Trinajstić information content (AvgIpc) is 2.90. The van der Waals surface area contributed by atoms with Crippen LogP contribution in [0.1, 0.15) is 25.2 Å². The summed E-state index contributed by atoms with van der Waals surface area (Å²) in [7, 11) is 1.64. The lowest BCUT2D eigenvalue weighted by atomic mass is 10.1. The van der Waals surface area contributed by atoms with Crippen molar-refractivity contribution in [2.75, 3.05) is 13.7 Å². The van der Waals surface area contributed by atoms with E-state index in [1.165, 1.54) is 0 Å². The number of hydrogen-bond acceptors (Lipinski definition) is 5. The van der Waals surface area contributed by atoms with E-state index in [9.17, 15) is 0 Å². The Balaban J connectivity index is 2.09. The Morgan fingerprint density at radius 2 is 2.37 bits per heavy atom. The summed E-state index contributed by atoms with van der Waals surface area (Å²) in [5, 5.41) is 12.1. The molecule has 1 N–H and O–H groups in total. The zero-order chi connectivity index (χ0) is 13.2. The summed E-state index contributed by atoms with van der Waals surface area (Å²) in [5.74, 6) is 2.58. The minimum absolute atomic E-state index is 0.280. The van der Waals surface area contributed by atoms with Gasteiger partial charge in [0.1, 0.15) is 5.75 Å². The molecule has 0 aliphatic carbocycles. The predicted octanol–water partition coefficient (Wildman–Crippen LogP) is 1.40. The van der Waals surface area contributed by atoms with Crippen molar-refractivity contribution >= 4 is 0 Å². The fourth-order valence-corrected chi connectivity index (χ4v) is 2.49. The van der Waals surface area contributed by atoms with Crippen LogP contribution in [0.2, 0.25) is 0 Å². The number of pyridine rings is 1. The van der Waals surface area contributed by atoms with Gasteiger partial charge in [0.15, 0.2) is 11.6 Å². The van der Waals surface area contributed by atoms with Crippen LogP contribution in [0, 0.1) is 0 Å². The fourth-order valence-electron chi connectivity index (χ4n) is 2.49. The molecule has 6 heteroatoms. The van der Waals surface area contributed by atoms with Crippen molar-refractivity contribution in [1.29, 1.82) is 0 Å². The lowest BCUT2D eigenvalue weighted by Gasteiger charge is -2.24. The van der Waals surface area contributed by atoms with Gasteiger partial charge in [-0.2, -0.15) is 0 Å². The first kappa shape index (κ1) is 12.1. The highest BCUT2D eigenvalue weighted by Gasteiger charge is 2.25. The molecule has 2 aromatic rings. The van der Waals surface area contributed by atoms with E-state index in [-0.39, 0.29) is 6.04 Å². The Bertz CT molecular complexity index is 580. The summed E-state index contributed by atoms with van der Waals surface area (Å²) in [6.07, 6.45) is 4.46. The summed E-state index contributed by atoms with van der Waals surface area (Å²) in [6, 6.07) is 2.20. The predicted molar refractivity (Wildman–Crippen MR) is 70.8 cm³/mol. The molecule has 0 aromatic carbocycles. The largest absolute Gasteiger partial charge is 0.494 e. The number of ether oxygens (including phenoxy) is 1. The van der Waals surface area contributed by atoms with Crippen LogP contribution in [-0.2, 0) is 6.54 Å². The van der Waals surface area contributed by atoms with Gasteiger partial charge < -0.3 is 14.6 Å². The third-order valence-corrected chi connectivity index (χ3v) is 3.47. The number of fused-ring (bicyclic) bond motifs is 1. The molecule has 1 aliphatic rings. The van der Waals surface area contributed by atoms with E-state index < -0.39 is 0 Å². The molecule has 0 saturated heterocycles. The molecule has 19 heavy (non-hydrogen) atoms. The molecule has 100 valence electrons. The molecule has 3 heterocycles. The van der Waals surface area contributed by atoms with Crippen molar-refractivity contribution < 1.29 is 4.74 Å². The summed E-state index contributed by atoms with van der Waals surface area (Å²) >= 11 is 0. The van der Waals surface area contributed by atoms with Crippen LogP contribution in [0.3, 0.4) is 0 Å². The summed E-state index contributed by atoms with van der Waals surface area (Å²) < 4.78 is 7.52. The Morgan fingerprint density at radius 1 is 1.47 bits per heavy atom. The highest BCUT2D eigenvalue weighted by atomic mass is 16.5. The van der Waals surface area contributed by atoms with Crippen molar-refractivity contribution in [1.82, 2.24) is 25.1 Å². The van der Waals surface area contributed by atoms with Crippen LogP contribution in [-0.4, -0.2) is 33.4 Å². The molecule has 0 fully saturated rings. The van der Waals surface area contributed by atoms with E-state index in [2.05, 4.69) is 32.0 Å². The van der Waals surface area contributed by atoms with Crippen molar-refractivity contribution in [3.8, 4) is 17.1 Å². The molecule has 0 radical (unpaired) electrons. The van der Waals surface area contributed by atoms with Crippen LogP contribution < -0.4 is 10.1 Å². The van der Waals surface area contributed by atoms with Crippen LogP contribution in [0.5, 0.6) is 5.75 Å². The second kappa shape index (κ2) is 4.97. The molecule has 2 aromatic heterocycles. The zero-order valence-corrected chi connectivity index (χ0v) is 11.1. The maximum atomic E-state index is 5.35. The fraction of sp³-hybridized carbons (Fsp3) is 0.462. The van der Waals surface area contributed by atoms with Gasteiger partial charge in [-0.3, -0.25) is 4.98 Å². The minimum Gasteiger partial charge on any atom is -0.494 e. The molecule has 0 amide bonds. The van der Waals surface area contributed by atoms with Crippen molar-refractivity contribution in [2.45, 2.75) is 25.9 Å².